The molecule has 0 aromatic carbocycles. The number of carboxylic acid groups (broad SMARTS) is 1. The lowest BCUT2D eigenvalue weighted by atomic mass is 9.86. The van der Waals surface area contributed by atoms with Crippen LogP contribution in [0.3, 0.4) is 0 Å². The van der Waals surface area contributed by atoms with Crippen LogP contribution in [0, 0.1) is 11.3 Å². The fourth-order valence-corrected chi connectivity index (χ4v) is 2.23. The van der Waals surface area contributed by atoms with Gasteiger partial charge in [-0.05, 0) is 37.3 Å². The van der Waals surface area contributed by atoms with Crippen LogP contribution in [0.5, 0.6) is 0 Å². The number of carboxylic acids is 1. The number of nitrogens with one attached hydrogen (secondary N) is 2. The van der Waals surface area contributed by atoms with E-state index in [1.807, 2.05) is 20.8 Å². The van der Waals surface area contributed by atoms with Crippen molar-refractivity contribution in [3.8, 4) is 0 Å². The first-order valence-corrected chi connectivity index (χ1v) is 6.53. The van der Waals surface area contributed by atoms with Crippen LogP contribution in [0.1, 0.15) is 40.0 Å². The smallest absolute Gasteiger partial charge is 0.326 e. The van der Waals surface area contributed by atoms with Crippen molar-refractivity contribution in [3.05, 3.63) is 0 Å². The van der Waals surface area contributed by atoms with E-state index >= 15 is 0 Å². The van der Waals surface area contributed by atoms with Crippen LogP contribution < -0.4 is 10.6 Å². The number of piperidine rings is 1. The average Bonchev–Trinajstić information content (AvgIpc) is 2.25. The highest BCUT2D eigenvalue weighted by atomic mass is 16.4. The van der Waals surface area contributed by atoms with Gasteiger partial charge in [0.05, 0.1) is 0 Å². The van der Waals surface area contributed by atoms with Crippen LogP contribution >= 0.6 is 0 Å². The number of hydrogen-bond donors (Lipinski definition) is 3. The third kappa shape index (κ3) is 4.64. The first-order chi connectivity index (χ1) is 8.30. The van der Waals surface area contributed by atoms with Crippen molar-refractivity contribution in [2.45, 2.75) is 46.1 Å². The second-order valence-electron chi connectivity index (χ2n) is 6.12. The molecule has 18 heavy (non-hydrogen) atoms. The molecule has 5 heteroatoms. The largest absolute Gasteiger partial charge is 0.480 e. The lowest BCUT2D eigenvalue weighted by Crippen LogP contribution is -2.49. The molecule has 0 aliphatic carbocycles. The minimum Gasteiger partial charge on any atom is -0.480 e. The number of carbonyl (C=O) groups excluding carboxylic acids is 1. The summed E-state index contributed by atoms with van der Waals surface area (Å²) < 4.78 is 0. The van der Waals surface area contributed by atoms with Gasteiger partial charge >= 0.3 is 5.97 Å². The van der Waals surface area contributed by atoms with Crippen LogP contribution in [0.4, 0.5) is 0 Å². The Balaban J connectivity index is 2.48. The molecule has 1 aliphatic heterocycles. The number of carbonyl (C=O) groups is 2. The van der Waals surface area contributed by atoms with Gasteiger partial charge in [0.2, 0.25) is 5.91 Å². The van der Waals surface area contributed by atoms with E-state index in [2.05, 4.69) is 10.6 Å². The molecular weight excluding hydrogens is 232 g/mol. The van der Waals surface area contributed by atoms with Crippen molar-refractivity contribution in [1.29, 1.82) is 0 Å². The van der Waals surface area contributed by atoms with Crippen molar-refractivity contribution in [3.63, 3.8) is 0 Å². The summed E-state index contributed by atoms with van der Waals surface area (Å²) in [4.78, 5) is 23.0. The minimum atomic E-state index is -0.974. The average molecular weight is 256 g/mol. The maximum absolute atomic E-state index is 11.9. The zero-order chi connectivity index (χ0) is 13.8. The highest BCUT2D eigenvalue weighted by molar-refractivity contribution is 5.84. The fraction of sp³-hybridized carbons (Fsp3) is 0.846. The molecule has 0 aromatic rings. The van der Waals surface area contributed by atoms with Gasteiger partial charge < -0.3 is 15.7 Å². The van der Waals surface area contributed by atoms with Crippen LogP contribution in [0.2, 0.25) is 0 Å². The summed E-state index contributed by atoms with van der Waals surface area (Å²) in [7, 11) is 0. The molecule has 1 fully saturated rings. The number of amides is 1. The summed E-state index contributed by atoms with van der Waals surface area (Å²) in [5.74, 6) is -0.809. The van der Waals surface area contributed by atoms with Gasteiger partial charge in [-0.2, -0.15) is 0 Å². The van der Waals surface area contributed by atoms with E-state index in [-0.39, 0.29) is 5.91 Å². The summed E-state index contributed by atoms with van der Waals surface area (Å²) in [5, 5.41) is 15.0. The molecule has 5 nitrogen and oxygen atoms in total. The van der Waals surface area contributed by atoms with Crippen molar-refractivity contribution in [1.82, 2.24) is 10.6 Å². The maximum atomic E-state index is 11.9. The Morgan fingerprint density at radius 3 is 2.56 bits per heavy atom. The van der Waals surface area contributed by atoms with Crippen LogP contribution in [0.15, 0.2) is 0 Å². The second-order valence-corrected chi connectivity index (χ2v) is 6.12. The van der Waals surface area contributed by atoms with Gasteiger partial charge in [-0.3, -0.25) is 4.79 Å². The lowest BCUT2D eigenvalue weighted by Gasteiger charge is -2.29. The number of aliphatic carboxylic acids is 1. The molecule has 1 heterocycles. The van der Waals surface area contributed by atoms with E-state index in [0.29, 0.717) is 12.3 Å². The van der Waals surface area contributed by atoms with E-state index in [1.165, 1.54) is 0 Å². The van der Waals surface area contributed by atoms with E-state index in [9.17, 15) is 9.59 Å². The minimum absolute atomic E-state index is 0.161. The predicted molar refractivity (Wildman–Crippen MR) is 69.2 cm³/mol. The Labute approximate surface area is 108 Å². The predicted octanol–water partition coefficient (Wildman–Crippen LogP) is 0.992. The summed E-state index contributed by atoms with van der Waals surface area (Å²) in [6.45, 7) is 7.30. The zero-order valence-corrected chi connectivity index (χ0v) is 11.5. The van der Waals surface area contributed by atoms with Gasteiger partial charge in [0.1, 0.15) is 6.04 Å². The fourth-order valence-electron chi connectivity index (χ4n) is 2.23. The van der Waals surface area contributed by atoms with Gasteiger partial charge in [0, 0.05) is 6.42 Å². The molecule has 0 bridgehead atoms. The molecule has 0 aromatic heterocycles. The number of rotatable bonds is 4. The SMILES string of the molecule is CC(C)(C)[C@H](NC(=O)CC1CCCNC1)C(=O)O. The van der Waals surface area contributed by atoms with E-state index < -0.39 is 17.4 Å². The summed E-state index contributed by atoms with van der Waals surface area (Å²) in [6, 6.07) is -0.832. The summed E-state index contributed by atoms with van der Waals surface area (Å²) in [6.07, 6.45) is 2.53. The molecule has 1 rings (SSSR count). The lowest BCUT2D eigenvalue weighted by molar-refractivity contribution is -0.145. The third-order valence-electron chi connectivity index (χ3n) is 3.29. The zero-order valence-electron chi connectivity index (χ0n) is 11.5. The first-order valence-electron chi connectivity index (χ1n) is 6.53. The van der Waals surface area contributed by atoms with E-state index in [0.717, 1.165) is 25.9 Å². The van der Waals surface area contributed by atoms with Crippen LogP contribution in [-0.2, 0) is 9.59 Å². The van der Waals surface area contributed by atoms with Crippen molar-refractivity contribution in [2.75, 3.05) is 13.1 Å². The molecule has 104 valence electrons. The highest BCUT2D eigenvalue weighted by Gasteiger charge is 2.33. The molecule has 0 radical (unpaired) electrons. The monoisotopic (exact) mass is 256 g/mol. The normalized spacial score (nSPS) is 22.3. The molecule has 2 atom stereocenters. The van der Waals surface area contributed by atoms with Gasteiger partial charge in [-0.1, -0.05) is 20.8 Å². The molecule has 0 saturated carbocycles. The Morgan fingerprint density at radius 1 is 1.44 bits per heavy atom. The Bertz CT molecular complexity index is 304. The van der Waals surface area contributed by atoms with Crippen LogP contribution in [0.25, 0.3) is 0 Å². The highest BCUT2D eigenvalue weighted by Crippen LogP contribution is 2.20. The summed E-state index contributed by atoms with van der Waals surface area (Å²) in [5.41, 5.74) is -0.480. The second kappa shape index (κ2) is 6.18. The quantitative estimate of drug-likeness (QED) is 0.701. The molecule has 1 saturated heterocycles. The standard InChI is InChI=1S/C13H24N2O3/c1-13(2,3)11(12(17)18)15-10(16)7-9-5-4-6-14-8-9/h9,11,14H,4-8H2,1-3H3,(H,15,16)(H,17,18)/t9?,11-/m1/s1. The van der Waals surface area contributed by atoms with Gasteiger partial charge in [0.15, 0.2) is 0 Å². The molecule has 3 N–H and O–H groups in total. The van der Waals surface area contributed by atoms with Crippen molar-refractivity contribution >= 4 is 11.9 Å². The maximum Gasteiger partial charge on any atom is 0.326 e. The topological polar surface area (TPSA) is 78.4 Å². The first kappa shape index (κ1) is 15.0. The molecule has 1 unspecified atom stereocenters. The molecule has 1 amide bonds. The Hall–Kier alpha value is -1.10. The third-order valence-corrected chi connectivity index (χ3v) is 3.29. The van der Waals surface area contributed by atoms with Crippen LogP contribution in [-0.4, -0.2) is 36.1 Å². The van der Waals surface area contributed by atoms with Gasteiger partial charge in [-0.25, -0.2) is 4.79 Å². The van der Waals surface area contributed by atoms with Gasteiger partial charge in [-0.15, -0.1) is 0 Å². The Kier molecular flexibility index (Phi) is 5.14. The molecule has 1 aliphatic rings. The molecular formula is C13H24N2O3. The van der Waals surface area contributed by atoms with E-state index in [1.54, 1.807) is 0 Å². The summed E-state index contributed by atoms with van der Waals surface area (Å²) >= 11 is 0. The number of hydrogen-bond acceptors (Lipinski definition) is 3. The Morgan fingerprint density at radius 2 is 2.11 bits per heavy atom. The van der Waals surface area contributed by atoms with E-state index in [4.69, 9.17) is 5.11 Å². The molecule has 0 spiro atoms. The van der Waals surface area contributed by atoms with Gasteiger partial charge in [0.25, 0.3) is 0 Å². The van der Waals surface area contributed by atoms with Crippen molar-refractivity contribution in [2.24, 2.45) is 11.3 Å². The van der Waals surface area contributed by atoms with Crippen molar-refractivity contribution < 1.29 is 14.7 Å².